The van der Waals surface area contributed by atoms with E-state index in [-0.39, 0.29) is 10.7 Å². The Morgan fingerprint density at radius 3 is 2.34 bits per heavy atom. The van der Waals surface area contributed by atoms with Crippen LogP contribution in [0, 0.1) is 12.7 Å². The van der Waals surface area contributed by atoms with E-state index in [4.69, 9.17) is 0 Å². The number of β-amino-alcohol motifs (C(OH)–C–C–N with tert-alkyl or cyclic N) is 1. The molecule has 0 aliphatic carbocycles. The summed E-state index contributed by atoms with van der Waals surface area (Å²) < 4.78 is 42.3. The average molecular weight is 455 g/mol. The van der Waals surface area contributed by atoms with Crippen molar-refractivity contribution in [1.29, 1.82) is 0 Å². The van der Waals surface area contributed by atoms with Gasteiger partial charge in [0, 0.05) is 19.6 Å². The van der Waals surface area contributed by atoms with Gasteiger partial charge >= 0.3 is 0 Å². The maximum Gasteiger partial charge on any atom is 0.241 e. The maximum atomic E-state index is 13.3. The van der Waals surface area contributed by atoms with E-state index in [1.807, 2.05) is 42.2 Å². The SMILES string of the molecule is Cc1ccc(S(=O)(=O)NC(CN2CCC(O)(c3ccc(F)cc3)C2)c2ccccc2)cc1. The maximum absolute atomic E-state index is 13.3. The third kappa shape index (κ3) is 5.07. The third-order valence-corrected chi connectivity index (χ3v) is 7.47. The molecule has 2 atom stereocenters. The molecule has 168 valence electrons. The highest BCUT2D eigenvalue weighted by Crippen LogP contribution is 2.33. The summed E-state index contributed by atoms with van der Waals surface area (Å²) in [5.74, 6) is -0.346. The smallest absolute Gasteiger partial charge is 0.241 e. The van der Waals surface area contributed by atoms with E-state index < -0.39 is 21.7 Å². The fourth-order valence-electron chi connectivity index (χ4n) is 4.15. The Kier molecular flexibility index (Phi) is 6.44. The lowest BCUT2D eigenvalue weighted by Crippen LogP contribution is -2.39. The minimum Gasteiger partial charge on any atom is -0.384 e. The molecule has 2 unspecified atom stereocenters. The first-order valence-corrected chi connectivity index (χ1v) is 12.1. The summed E-state index contributed by atoms with van der Waals surface area (Å²) in [6.07, 6.45) is 0.491. The first-order valence-electron chi connectivity index (χ1n) is 10.6. The Bertz CT molecular complexity index is 1150. The number of aryl methyl sites for hydroxylation is 1. The molecule has 0 radical (unpaired) electrons. The van der Waals surface area contributed by atoms with E-state index in [1.165, 1.54) is 12.1 Å². The fraction of sp³-hybridized carbons (Fsp3) is 0.280. The van der Waals surface area contributed by atoms with Crippen LogP contribution in [-0.2, 0) is 15.6 Å². The number of sulfonamides is 1. The summed E-state index contributed by atoms with van der Waals surface area (Å²) in [5.41, 5.74) is 1.41. The summed E-state index contributed by atoms with van der Waals surface area (Å²) >= 11 is 0. The molecule has 0 amide bonds. The molecule has 7 heteroatoms. The first-order chi connectivity index (χ1) is 15.2. The Labute approximate surface area is 188 Å². The molecule has 2 N–H and O–H groups in total. The lowest BCUT2D eigenvalue weighted by molar-refractivity contribution is 0.0453. The van der Waals surface area contributed by atoms with Crippen LogP contribution in [0.3, 0.4) is 0 Å². The predicted molar refractivity (Wildman–Crippen MR) is 122 cm³/mol. The van der Waals surface area contributed by atoms with E-state index >= 15 is 0 Å². The van der Waals surface area contributed by atoms with Crippen LogP contribution in [0.1, 0.15) is 29.2 Å². The number of halogens is 1. The zero-order valence-corrected chi connectivity index (χ0v) is 18.7. The number of likely N-dealkylation sites (tertiary alicyclic amines) is 1. The normalized spacial score (nSPS) is 20.3. The number of hydrogen-bond donors (Lipinski definition) is 2. The molecule has 1 aliphatic heterocycles. The molecule has 1 heterocycles. The minimum atomic E-state index is -3.73. The van der Waals surface area contributed by atoms with Gasteiger partial charge in [-0.1, -0.05) is 60.2 Å². The summed E-state index contributed by atoms with van der Waals surface area (Å²) in [4.78, 5) is 2.26. The highest BCUT2D eigenvalue weighted by atomic mass is 32.2. The van der Waals surface area contributed by atoms with Crippen LogP contribution in [0.15, 0.2) is 83.8 Å². The average Bonchev–Trinajstić information content (AvgIpc) is 3.16. The Morgan fingerprint density at radius 2 is 1.69 bits per heavy atom. The van der Waals surface area contributed by atoms with Gasteiger partial charge in [0.2, 0.25) is 10.0 Å². The molecule has 0 saturated carbocycles. The van der Waals surface area contributed by atoms with Crippen LogP contribution in [0.5, 0.6) is 0 Å². The number of benzene rings is 3. The molecule has 1 aliphatic rings. The van der Waals surface area contributed by atoms with Crippen LogP contribution in [0.2, 0.25) is 0 Å². The molecule has 1 fully saturated rings. The van der Waals surface area contributed by atoms with Crippen LogP contribution < -0.4 is 4.72 Å². The Morgan fingerprint density at radius 1 is 1.03 bits per heavy atom. The van der Waals surface area contributed by atoms with E-state index in [0.29, 0.717) is 31.6 Å². The van der Waals surface area contributed by atoms with Gasteiger partial charge in [-0.3, -0.25) is 4.90 Å². The summed E-state index contributed by atoms with van der Waals surface area (Å²) in [5, 5.41) is 11.1. The molecule has 4 rings (SSSR count). The molecular formula is C25H27FN2O3S. The standard InChI is InChI=1S/C25H27FN2O3S/c1-19-7-13-23(14-8-19)32(30,31)27-24(20-5-3-2-4-6-20)17-28-16-15-25(29,18-28)21-9-11-22(26)12-10-21/h2-14,24,27,29H,15-18H2,1H3. The van der Waals surface area contributed by atoms with Crippen molar-refractivity contribution in [2.45, 2.75) is 29.9 Å². The van der Waals surface area contributed by atoms with E-state index in [0.717, 1.165) is 11.1 Å². The van der Waals surface area contributed by atoms with Crippen molar-refractivity contribution in [2.75, 3.05) is 19.6 Å². The van der Waals surface area contributed by atoms with Crippen molar-refractivity contribution in [3.63, 3.8) is 0 Å². The molecule has 5 nitrogen and oxygen atoms in total. The van der Waals surface area contributed by atoms with E-state index in [9.17, 15) is 17.9 Å². The summed E-state index contributed by atoms with van der Waals surface area (Å²) in [7, 11) is -3.73. The lowest BCUT2D eigenvalue weighted by atomic mass is 9.93. The van der Waals surface area contributed by atoms with Gasteiger partial charge in [-0.2, -0.15) is 0 Å². The molecule has 3 aromatic rings. The molecular weight excluding hydrogens is 427 g/mol. The van der Waals surface area contributed by atoms with E-state index in [1.54, 1.807) is 36.4 Å². The topological polar surface area (TPSA) is 69.6 Å². The van der Waals surface area contributed by atoms with Gasteiger partial charge in [0.15, 0.2) is 0 Å². The van der Waals surface area contributed by atoms with Gasteiger partial charge in [0.25, 0.3) is 0 Å². The van der Waals surface area contributed by atoms with Crippen LogP contribution in [-0.4, -0.2) is 38.1 Å². The first kappa shape index (κ1) is 22.6. The molecule has 0 spiro atoms. The zero-order valence-electron chi connectivity index (χ0n) is 17.9. The number of aliphatic hydroxyl groups is 1. The fourth-order valence-corrected chi connectivity index (χ4v) is 5.37. The number of hydrogen-bond acceptors (Lipinski definition) is 4. The van der Waals surface area contributed by atoms with Crippen LogP contribution in [0.25, 0.3) is 0 Å². The van der Waals surface area contributed by atoms with Crippen molar-refractivity contribution in [3.8, 4) is 0 Å². The van der Waals surface area contributed by atoms with Crippen LogP contribution in [0.4, 0.5) is 4.39 Å². The summed E-state index contributed by atoms with van der Waals surface area (Å²) in [6.45, 7) is 3.25. The monoisotopic (exact) mass is 454 g/mol. The van der Waals surface area contributed by atoms with Gasteiger partial charge in [-0.25, -0.2) is 17.5 Å². The highest BCUT2D eigenvalue weighted by Gasteiger charge is 2.38. The quantitative estimate of drug-likeness (QED) is 0.571. The lowest BCUT2D eigenvalue weighted by Gasteiger charge is -2.27. The zero-order chi connectivity index (χ0) is 22.8. The number of nitrogens with one attached hydrogen (secondary N) is 1. The predicted octanol–water partition coefficient (Wildman–Crippen LogP) is 3.75. The molecule has 3 aromatic carbocycles. The Balaban J connectivity index is 1.54. The summed E-state index contributed by atoms with van der Waals surface area (Å²) in [6, 6.07) is 21.6. The van der Waals surface area contributed by atoms with Crippen molar-refractivity contribution in [3.05, 3.63) is 101 Å². The Hall–Kier alpha value is -2.58. The van der Waals surface area contributed by atoms with Gasteiger partial charge in [0.1, 0.15) is 11.4 Å². The largest absolute Gasteiger partial charge is 0.384 e. The van der Waals surface area contributed by atoms with Crippen molar-refractivity contribution in [2.24, 2.45) is 0 Å². The van der Waals surface area contributed by atoms with Crippen molar-refractivity contribution in [1.82, 2.24) is 9.62 Å². The van der Waals surface area contributed by atoms with Crippen LogP contribution >= 0.6 is 0 Å². The van der Waals surface area contributed by atoms with Gasteiger partial charge < -0.3 is 5.11 Å². The number of rotatable bonds is 7. The molecule has 1 saturated heterocycles. The van der Waals surface area contributed by atoms with Crippen molar-refractivity contribution >= 4 is 10.0 Å². The second-order valence-corrected chi connectivity index (χ2v) is 10.1. The number of nitrogens with zero attached hydrogens (tertiary/aromatic N) is 1. The van der Waals surface area contributed by atoms with Gasteiger partial charge in [-0.05, 0) is 48.7 Å². The van der Waals surface area contributed by atoms with Gasteiger partial charge in [-0.15, -0.1) is 0 Å². The molecule has 0 bridgehead atoms. The van der Waals surface area contributed by atoms with Gasteiger partial charge in [0.05, 0.1) is 10.9 Å². The van der Waals surface area contributed by atoms with E-state index in [2.05, 4.69) is 4.72 Å². The molecule has 32 heavy (non-hydrogen) atoms. The van der Waals surface area contributed by atoms with Crippen molar-refractivity contribution < 1.29 is 17.9 Å². The second-order valence-electron chi connectivity index (χ2n) is 8.42. The highest BCUT2D eigenvalue weighted by molar-refractivity contribution is 7.89. The third-order valence-electron chi connectivity index (χ3n) is 5.98. The second kappa shape index (κ2) is 9.11. The molecule has 0 aromatic heterocycles. The minimum absolute atomic E-state index is 0.216.